The predicted molar refractivity (Wildman–Crippen MR) is 162 cm³/mol. The van der Waals surface area contributed by atoms with Crippen molar-refractivity contribution >= 4 is 27.7 Å². The van der Waals surface area contributed by atoms with Crippen LogP contribution in [0, 0.1) is 12.8 Å². The summed E-state index contributed by atoms with van der Waals surface area (Å²) in [6.45, 7) is 13.3. The van der Waals surface area contributed by atoms with Crippen LogP contribution in [0.3, 0.4) is 0 Å². The number of halogens is 1. The van der Waals surface area contributed by atoms with Crippen LogP contribution >= 0.6 is 15.9 Å². The molecule has 0 spiro atoms. The SMILES string of the molecule is Cc1ccc(CN(C(=O)COc2ccc(C(C)(C)C)cc2Br)[C@@H](Cc2ccccc2)C(=O)NCC(C)C)cc1. The zero-order chi connectivity index (χ0) is 28.6. The standard InChI is InChI=1S/C33H41BrN2O3/c1-23(2)20-35-32(38)29(18-25-10-8-7-9-11-25)36(21-26-14-12-24(3)13-15-26)31(37)22-39-30-17-16-27(19-28(30)34)33(4,5)6/h7-17,19,23,29H,18,20-22H2,1-6H3,(H,35,38)/t29-/m0/s1. The van der Waals surface area contributed by atoms with Crippen molar-refractivity contribution < 1.29 is 14.3 Å². The molecule has 2 amide bonds. The van der Waals surface area contributed by atoms with Gasteiger partial charge in [-0.2, -0.15) is 0 Å². The number of ether oxygens (including phenoxy) is 1. The summed E-state index contributed by atoms with van der Waals surface area (Å²) in [5.41, 5.74) is 4.25. The molecule has 0 saturated heterocycles. The summed E-state index contributed by atoms with van der Waals surface area (Å²) in [4.78, 5) is 29.0. The Kier molecular flexibility index (Phi) is 10.8. The number of hydrogen-bond donors (Lipinski definition) is 1. The largest absolute Gasteiger partial charge is 0.483 e. The van der Waals surface area contributed by atoms with Crippen molar-refractivity contribution in [3.05, 3.63) is 99.5 Å². The van der Waals surface area contributed by atoms with E-state index in [4.69, 9.17) is 4.74 Å². The number of rotatable bonds is 11. The molecule has 208 valence electrons. The Morgan fingerprint density at radius 2 is 1.62 bits per heavy atom. The molecule has 0 heterocycles. The number of aryl methyl sites for hydroxylation is 1. The summed E-state index contributed by atoms with van der Waals surface area (Å²) in [5.74, 6) is 0.478. The van der Waals surface area contributed by atoms with Crippen LogP contribution in [0.25, 0.3) is 0 Å². The molecule has 39 heavy (non-hydrogen) atoms. The minimum Gasteiger partial charge on any atom is -0.483 e. The van der Waals surface area contributed by atoms with Gasteiger partial charge in [-0.05, 0) is 63.0 Å². The molecule has 0 fully saturated rings. The Labute approximate surface area is 242 Å². The Morgan fingerprint density at radius 3 is 2.21 bits per heavy atom. The number of hydrogen-bond acceptors (Lipinski definition) is 3. The highest BCUT2D eigenvalue weighted by Gasteiger charge is 2.31. The van der Waals surface area contributed by atoms with Gasteiger partial charge in [0, 0.05) is 19.5 Å². The molecule has 1 N–H and O–H groups in total. The minimum absolute atomic E-state index is 0.00425. The first kappa shape index (κ1) is 30.4. The molecule has 3 rings (SSSR count). The normalized spacial score (nSPS) is 12.2. The molecule has 1 atom stereocenters. The summed E-state index contributed by atoms with van der Waals surface area (Å²) >= 11 is 3.60. The third-order valence-electron chi connectivity index (χ3n) is 6.58. The van der Waals surface area contributed by atoms with Crippen LogP contribution < -0.4 is 10.1 Å². The molecule has 3 aromatic rings. The Bertz CT molecular complexity index is 1230. The fourth-order valence-electron chi connectivity index (χ4n) is 4.17. The topological polar surface area (TPSA) is 58.6 Å². The van der Waals surface area contributed by atoms with E-state index in [9.17, 15) is 9.59 Å². The van der Waals surface area contributed by atoms with Gasteiger partial charge < -0.3 is 15.0 Å². The molecular weight excluding hydrogens is 552 g/mol. The van der Waals surface area contributed by atoms with Crippen molar-refractivity contribution in [1.82, 2.24) is 10.2 Å². The average Bonchev–Trinajstić information content (AvgIpc) is 2.89. The highest BCUT2D eigenvalue weighted by Crippen LogP contribution is 2.31. The maximum Gasteiger partial charge on any atom is 0.261 e. The molecule has 0 aliphatic heterocycles. The van der Waals surface area contributed by atoms with Crippen molar-refractivity contribution in [2.45, 2.75) is 66.0 Å². The number of carbonyl (C=O) groups is 2. The van der Waals surface area contributed by atoms with E-state index in [0.29, 0.717) is 31.2 Å². The van der Waals surface area contributed by atoms with Crippen LogP contribution in [-0.2, 0) is 28.0 Å². The van der Waals surface area contributed by atoms with Crippen molar-refractivity contribution in [2.24, 2.45) is 5.92 Å². The van der Waals surface area contributed by atoms with Gasteiger partial charge >= 0.3 is 0 Å². The first-order valence-corrected chi connectivity index (χ1v) is 14.3. The maximum absolute atomic E-state index is 13.8. The Hall–Kier alpha value is -3.12. The van der Waals surface area contributed by atoms with Gasteiger partial charge in [0.15, 0.2) is 6.61 Å². The molecule has 0 aliphatic carbocycles. The first-order chi connectivity index (χ1) is 18.4. The molecule has 0 bridgehead atoms. The fraction of sp³-hybridized carbons (Fsp3) is 0.394. The van der Waals surface area contributed by atoms with Crippen LogP contribution in [0.4, 0.5) is 0 Å². The zero-order valence-electron chi connectivity index (χ0n) is 24.0. The van der Waals surface area contributed by atoms with Gasteiger partial charge in [0.25, 0.3) is 5.91 Å². The zero-order valence-corrected chi connectivity index (χ0v) is 25.5. The van der Waals surface area contributed by atoms with E-state index in [1.807, 2.05) is 79.7 Å². The molecule has 0 aromatic heterocycles. The second-order valence-electron chi connectivity index (χ2n) is 11.5. The lowest BCUT2D eigenvalue weighted by Gasteiger charge is -2.32. The summed E-state index contributed by atoms with van der Waals surface area (Å²) in [7, 11) is 0. The highest BCUT2D eigenvalue weighted by atomic mass is 79.9. The quantitative estimate of drug-likeness (QED) is 0.265. The minimum atomic E-state index is -0.685. The summed E-state index contributed by atoms with van der Waals surface area (Å²) in [6.07, 6.45) is 0.409. The fourth-order valence-corrected chi connectivity index (χ4v) is 4.67. The molecule has 0 saturated carbocycles. The van der Waals surface area contributed by atoms with Crippen molar-refractivity contribution in [3.8, 4) is 5.75 Å². The summed E-state index contributed by atoms with van der Waals surface area (Å²) < 4.78 is 6.81. The van der Waals surface area contributed by atoms with E-state index in [2.05, 4.69) is 55.9 Å². The van der Waals surface area contributed by atoms with Crippen molar-refractivity contribution in [3.63, 3.8) is 0 Å². The van der Waals surface area contributed by atoms with E-state index < -0.39 is 6.04 Å². The second kappa shape index (κ2) is 13.8. The molecule has 0 unspecified atom stereocenters. The van der Waals surface area contributed by atoms with Gasteiger partial charge in [-0.1, -0.05) is 101 Å². The van der Waals surface area contributed by atoms with Crippen LogP contribution in [0.5, 0.6) is 5.75 Å². The van der Waals surface area contributed by atoms with E-state index in [1.54, 1.807) is 4.90 Å². The van der Waals surface area contributed by atoms with Crippen molar-refractivity contribution in [2.75, 3.05) is 13.2 Å². The number of benzene rings is 3. The van der Waals surface area contributed by atoms with Crippen LogP contribution in [-0.4, -0.2) is 35.9 Å². The lowest BCUT2D eigenvalue weighted by Crippen LogP contribution is -2.52. The molecule has 3 aromatic carbocycles. The van der Waals surface area contributed by atoms with Gasteiger partial charge in [-0.15, -0.1) is 0 Å². The van der Waals surface area contributed by atoms with Gasteiger partial charge in [0.2, 0.25) is 5.91 Å². The molecular formula is C33H41BrN2O3. The average molecular weight is 594 g/mol. The highest BCUT2D eigenvalue weighted by molar-refractivity contribution is 9.10. The second-order valence-corrected chi connectivity index (χ2v) is 12.4. The smallest absolute Gasteiger partial charge is 0.261 e. The third-order valence-corrected chi connectivity index (χ3v) is 7.20. The van der Waals surface area contributed by atoms with E-state index >= 15 is 0 Å². The van der Waals surface area contributed by atoms with Gasteiger partial charge in [0.1, 0.15) is 11.8 Å². The van der Waals surface area contributed by atoms with Crippen LogP contribution in [0.1, 0.15) is 56.9 Å². The Balaban J connectivity index is 1.90. The summed E-state index contributed by atoms with van der Waals surface area (Å²) in [5, 5.41) is 3.05. The van der Waals surface area contributed by atoms with E-state index in [-0.39, 0.29) is 23.8 Å². The van der Waals surface area contributed by atoms with Gasteiger partial charge in [-0.3, -0.25) is 9.59 Å². The Morgan fingerprint density at radius 1 is 0.949 bits per heavy atom. The predicted octanol–water partition coefficient (Wildman–Crippen LogP) is 6.85. The molecule has 0 radical (unpaired) electrons. The van der Waals surface area contributed by atoms with Crippen molar-refractivity contribution in [1.29, 1.82) is 0 Å². The van der Waals surface area contributed by atoms with Gasteiger partial charge in [-0.25, -0.2) is 0 Å². The van der Waals surface area contributed by atoms with Crippen LogP contribution in [0.2, 0.25) is 0 Å². The molecule has 0 aliphatic rings. The first-order valence-electron chi connectivity index (χ1n) is 13.5. The lowest BCUT2D eigenvalue weighted by atomic mass is 9.87. The lowest BCUT2D eigenvalue weighted by molar-refractivity contribution is -0.142. The molecule has 6 heteroatoms. The number of carbonyl (C=O) groups excluding carboxylic acids is 2. The van der Waals surface area contributed by atoms with Crippen LogP contribution in [0.15, 0.2) is 77.3 Å². The summed E-state index contributed by atoms with van der Waals surface area (Å²) in [6, 6.07) is 23.1. The molecule has 5 nitrogen and oxygen atoms in total. The van der Waals surface area contributed by atoms with Gasteiger partial charge in [0.05, 0.1) is 4.47 Å². The third kappa shape index (κ3) is 9.24. The van der Waals surface area contributed by atoms with E-state index in [0.717, 1.165) is 21.2 Å². The monoisotopic (exact) mass is 592 g/mol. The number of amides is 2. The number of nitrogens with zero attached hydrogens (tertiary/aromatic N) is 1. The number of nitrogens with one attached hydrogen (secondary N) is 1. The maximum atomic E-state index is 13.8. The van der Waals surface area contributed by atoms with E-state index in [1.165, 1.54) is 5.56 Å².